The molecule has 1 saturated heterocycles. The predicted molar refractivity (Wildman–Crippen MR) is 84.2 cm³/mol. The lowest BCUT2D eigenvalue weighted by Crippen LogP contribution is -2.42. The maximum atomic E-state index is 12.9. The van der Waals surface area contributed by atoms with Crippen LogP contribution in [-0.2, 0) is 13.2 Å². The monoisotopic (exact) mass is 371 g/mol. The number of piperidine rings is 1. The highest BCUT2D eigenvalue weighted by atomic mass is 19.4. The number of aryl methyl sites for hydroxylation is 1. The van der Waals surface area contributed by atoms with Crippen molar-refractivity contribution in [3.8, 4) is 5.75 Å². The fourth-order valence-corrected chi connectivity index (χ4v) is 2.88. The van der Waals surface area contributed by atoms with Gasteiger partial charge in [-0.1, -0.05) is 0 Å². The fraction of sp³-hybridized carbons (Fsp3) is 0.412. The Balaban J connectivity index is 1.59. The SMILES string of the molecule is Cn1nc(C(=O)N2CCC(Oc3ccc(F)cc3)CC2)cc1C(F)(F)F. The molecule has 5 nitrogen and oxygen atoms in total. The number of ether oxygens (including phenoxy) is 1. The van der Waals surface area contributed by atoms with Gasteiger partial charge in [-0.3, -0.25) is 9.48 Å². The Kier molecular flexibility index (Phi) is 4.88. The smallest absolute Gasteiger partial charge is 0.433 e. The van der Waals surface area contributed by atoms with Crippen LogP contribution in [0.4, 0.5) is 17.6 Å². The molecular weight excluding hydrogens is 354 g/mol. The number of likely N-dealkylation sites (tertiary alicyclic amines) is 1. The number of nitrogens with zero attached hydrogens (tertiary/aromatic N) is 3. The lowest BCUT2D eigenvalue weighted by molar-refractivity contribution is -0.143. The molecule has 1 aromatic heterocycles. The van der Waals surface area contributed by atoms with E-state index in [1.807, 2.05) is 0 Å². The molecule has 140 valence electrons. The van der Waals surface area contributed by atoms with Crippen LogP contribution in [0.1, 0.15) is 29.0 Å². The molecule has 0 radical (unpaired) electrons. The van der Waals surface area contributed by atoms with Gasteiger partial charge in [0, 0.05) is 39.0 Å². The molecule has 9 heteroatoms. The number of hydrogen-bond acceptors (Lipinski definition) is 3. The molecule has 0 bridgehead atoms. The van der Waals surface area contributed by atoms with E-state index in [2.05, 4.69) is 5.10 Å². The average Bonchev–Trinajstić information content (AvgIpc) is 2.99. The van der Waals surface area contributed by atoms with Gasteiger partial charge in [-0.2, -0.15) is 18.3 Å². The van der Waals surface area contributed by atoms with Crippen molar-refractivity contribution in [3.05, 3.63) is 47.5 Å². The van der Waals surface area contributed by atoms with Crippen LogP contribution in [0.15, 0.2) is 30.3 Å². The van der Waals surface area contributed by atoms with Crippen molar-refractivity contribution >= 4 is 5.91 Å². The van der Waals surface area contributed by atoms with Crippen molar-refractivity contribution in [2.45, 2.75) is 25.1 Å². The Morgan fingerprint density at radius 1 is 1.19 bits per heavy atom. The van der Waals surface area contributed by atoms with Gasteiger partial charge in [0.05, 0.1) is 0 Å². The molecule has 1 aliphatic heterocycles. The molecule has 1 amide bonds. The Morgan fingerprint density at radius 2 is 1.81 bits per heavy atom. The van der Waals surface area contributed by atoms with Gasteiger partial charge >= 0.3 is 6.18 Å². The first-order valence-electron chi connectivity index (χ1n) is 8.07. The molecule has 2 heterocycles. The number of rotatable bonds is 3. The summed E-state index contributed by atoms with van der Waals surface area (Å²) >= 11 is 0. The summed E-state index contributed by atoms with van der Waals surface area (Å²) in [4.78, 5) is 13.9. The second kappa shape index (κ2) is 6.97. The number of carbonyl (C=O) groups is 1. The highest BCUT2D eigenvalue weighted by Gasteiger charge is 2.36. The van der Waals surface area contributed by atoms with E-state index in [0.717, 1.165) is 13.1 Å². The molecule has 1 fully saturated rings. The first-order valence-corrected chi connectivity index (χ1v) is 8.07. The van der Waals surface area contributed by atoms with Crippen LogP contribution in [0.25, 0.3) is 0 Å². The average molecular weight is 371 g/mol. The lowest BCUT2D eigenvalue weighted by atomic mass is 10.1. The summed E-state index contributed by atoms with van der Waals surface area (Å²) in [5.74, 6) is -0.349. The molecule has 0 aliphatic carbocycles. The van der Waals surface area contributed by atoms with E-state index >= 15 is 0 Å². The van der Waals surface area contributed by atoms with Crippen LogP contribution in [0.2, 0.25) is 0 Å². The van der Waals surface area contributed by atoms with Crippen molar-refractivity contribution in [1.82, 2.24) is 14.7 Å². The van der Waals surface area contributed by atoms with Gasteiger partial charge in [-0.25, -0.2) is 4.39 Å². The molecule has 1 aromatic carbocycles. The number of aromatic nitrogens is 2. The minimum absolute atomic E-state index is 0.140. The molecule has 0 spiro atoms. The van der Waals surface area contributed by atoms with Crippen LogP contribution in [0, 0.1) is 5.82 Å². The molecule has 0 saturated carbocycles. The van der Waals surface area contributed by atoms with E-state index in [1.165, 1.54) is 29.2 Å². The van der Waals surface area contributed by atoms with Crippen LogP contribution in [-0.4, -0.2) is 39.8 Å². The molecule has 0 unspecified atom stereocenters. The molecule has 0 atom stereocenters. The Bertz CT molecular complexity index is 778. The summed E-state index contributed by atoms with van der Waals surface area (Å²) in [5.41, 5.74) is -1.19. The van der Waals surface area contributed by atoms with Crippen molar-refractivity contribution in [1.29, 1.82) is 0 Å². The van der Waals surface area contributed by atoms with Crippen LogP contribution in [0.3, 0.4) is 0 Å². The summed E-state index contributed by atoms with van der Waals surface area (Å²) in [5, 5.41) is 3.69. The Labute approximate surface area is 147 Å². The van der Waals surface area contributed by atoms with E-state index < -0.39 is 17.8 Å². The summed E-state index contributed by atoms with van der Waals surface area (Å²) in [6, 6.07) is 6.42. The fourth-order valence-electron chi connectivity index (χ4n) is 2.88. The highest BCUT2D eigenvalue weighted by Crippen LogP contribution is 2.29. The minimum atomic E-state index is -4.56. The van der Waals surface area contributed by atoms with Gasteiger partial charge in [-0.15, -0.1) is 0 Å². The van der Waals surface area contributed by atoms with Crippen LogP contribution in [0.5, 0.6) is 5.75 Å². The van der Waals surface area contributed by atoms with Gasteiger partial charge in [0.2, 0.25) is 0 Å². The van der Waals surface area contributed by atoms with E-state index in [-0.39, 0.29) is 17.6 Å². The van der Waals surface area contributed by atoms with Gasteiger partial charge in [0.25, 0.3) is 5.91 Å². The number of alkyl halides is 3. The van der Waals surface area contributed by atoms with E-state index in [0.29, 0.717) is 36.4 Å². The van der Waals surface area contributed by atoms with Gasteiger partial charge < -0.3 is 9.64 Å². The van der Waals surface area contributed by atoms with Crippen molar-refractivity contribution < 1.29 is 27.1 Å². The first-order chi connectivity index (χ1) is 12.2. The molecule has 0 N–H and O–H groups in total. The zero-order valence-corrected chi connectivity index (χ0v) is 14.0. The van der Waals surface area contributed by atoms with Gasteiger partial charge in [0.15, 0.2) is 5.69 Å². The van der Waals surface area contributed by atoms with E-state index in [1.54, 1.807) is 0 Å². The Hall–Kier alpha value is -2.58. The lowest BCUT2D eigenvalue weighted by Gasteiger charge is -2.31. The molecule has 26 heavy (non-hydrogen) atoms. The number of hydrogen-bond donors (Lipinski definition) is 0. The molecular formula is C17H17F4N3O2. The maximum absolute atomic E-state index is 12.9. The van der Waals surface area contributed by atoms with Gasteiger partial charge in [0.1, 0.15) is 23.4 Å². The number of carbonyl (C=O) groups excluding carboxylic acids is 1. The maximum Gasteiger partial charge on any atom is 0.433 e. The second-order valence-corrected chi connectivity index (χ2v) is 6.10. The van der Waals surface area contributed by atoms with E-state index in [4.69, 9.17) is 4.74 Å². The van der Waals surface area contributed by atoms with Crippen LogP contribution >= 0.6 is 0 Å². The summed E-state index contributed by atoms with van der Waals surface area (Å²) in [7, 11) is 1.16. The van der Waals surface area contributed by atoms with Crippen molar-refractivity contribution in [2.24, 2.45) is 7.05 Å². The first kappa shape index (κ1) is 18.2. The van der Waals surface area contributed by atoms with Gasteiger partial charge in [-0.05, 0) is 24.3 Å². The normalized spacial score (nSPS) is 16.0. The third-order valence-electron chi connectivity index (χ3n) is 4.23. The number of amides is 1. The standard InChI is InChI=1S/C17H17F4N3O2/c1-23-15(17(19,20)21)10-14(22-23)16(25)24-8-6-13(7-9-24)26-12-4-2-11(18)3-5-12/h2-5,10,13H,6-9H2,1H3. The third-order valence-corrected chi connectivity index (χ3v) is 4.23. The summed E-state index contributed by atoms with van der Waals surface area (Å²) < 4.78 is 57.8. The predicted octanol–water partition coefficient (Wildman–Crippen LogP) is 3.26. The zero-order valence-electron chi connectivity index (χ0n) is 14.0. The molecule has 1 aliphatic rings. The quantitative estimate of drug-likeness (QED) is 0.778. The third kappa shape index (κ3) is 3.97. The largest absolute Gasteiger partial charge is 0.490 e. The second-order valence-electron chi connectivity index (χ2n) is 6.10. The molecule has 3 rings (SSSR count). The van der Waals surface area contributed by atoms with Crippen molar-refractivity contribution in [3.63, 3.8) is 0 Å². The van der Waals surface area contributed by atoms with E-state index in [9.17, 15) is 22.4 Å². The number of benzene rings is 1. The zero-order chi connectivity index (χ0) is 18.9. The highest BCUT2D eigenvalue weighted by molar-refractivity contribution is 5.92. The topological polar surface area (TPSA) is 47.4 Å². The van der Waals surface area contributed by atoms with Crippen LogP contribution < -0.4 is 4.74 Å². The summed E-state index contributed by atoms with van der Waals surface area (Å²) in [6.45, 7) is 0.700. The Morgan fingerprint density at radius 3 is 2.35 bits per heavy atom. The minimum Gasteiger partial charge on any atom is -0.490 e. The number of halogens is 4. The molecule has 2 aromatic rings. The van der Waals surface area contributed by atoms with Crippen molar-refractivity contribution in [2.75, 3.05) is 13.1 Å². The summed E-state index contributed by atoms with van der Waals surface area (Å²) in [6.07, 6.45) is -3.64.